The molecule has 0 saturated carbocycles. The van der Waals surface area contributed by atoms with Gasteiger partial charge in [0.2, 0.25) is 0 Å². The minimum Gasteiger partial charge on any atom is -0.494 e. The first-order valence-electron chi connectivity index (χ1n) is 7.52. The second-order valence-corrected chi connectivity index (χ2v) is 7.86. The zero-order valence-corrected chi connectivity index (χ0v) is 14.4. The highest BCUT2D eigenvalue weighted by molar-refractivity contribution is 9.11. The SMILES string of the molecule is Brc1cc2c(s1)CCCC2NCCCOc1ccccc1. The summed E-state index contributed by atoms with van der Waals surface area (Å²) < 4.78 is 6.98. The van der Waals surface area contributed by atoms with Gasteiger partial charge in [-0.15, -0.1) is 11.3 Å². The molecule has 3 rings (SSSR count). The van der Waals surface area contributed by atoms with Crippen LogP contribution in [0.4, 0.5) is 0 Å². The molecule has 0 fully saturated rings. The van der Waals surface area contributed by atoms with Crippen molar-refractivity contribution in [2.24, 2.45) is 0 Å². The number of hydrogen-bond acceptors (Lipinski definition) is 3. The molecule has 2 nitrogen and oxygen atoms in total. The number of nitrogens with one attached hydrogen (secondary N) is 1. The molecular weight excluding hydrogens is 346 g/mol. The Kier molecular flexibility index (Phi) is 5.33. The van der Waals surface area contributed by atoms with Crippen LogP contribution >= 0.6 is 27.3 Å². The van der Waals surface area contributed by atoms with Crippen molar-refractivity contribution < 1.29 is 4.74 Å². The van der Waals surface area contributed by atoms with Gasteiger partial charge in [0.25, 0.3) is 0 Å². The number of para-hydroxylation sites is 1. The smallest absolute Gasteiger partial charge is 0.119 e. The molecule has 0 aliphatic heterocycles. The van der Waals surface area contributed by atoms with Crippen molar-refractivity contribution in [2.45, 2.75) is 31.7 Å². The lowest BCUT2D eigenvalue weighted by molar-refractivity contribution is 0.303. The number of hydrogen-bond donors (Lipinski definition) is 1. The third kappa shape index (κ3) is 4.09. The van der Waals surface area contributed by atoms with Gasteiger partial charge in [-0.3, -0.25) is 0 Å². The van der Waals surface area contributed by atoms with Gasteiger partial charge in [-0.25, -0.2) is 0 Å². The number of fused-ring (bicyclic) bond motifs is 1. The van der Waals surface area contributed by atoms with Crippen LogP contribution in [0.5, 0.6) is 5.75 Å². The summed E-state index contributed by atoms with van der Waals surface area (Å²) in [5.74, 6) is 0.958. The van der Waals surface area contributed by atoms with Gasteiger partial charge in [0.1, 0.15) is 5.75 Å². The average Bonchev–Trinajstić information content (AvgIpc) is 2.89. The highest BCUT2D eigenvalue weighted by Crippen LogP contribution is 2.37. The van der Waals surface area contributed by atoms with Crippen LogP contribution in [0.15, 0.2) is 40.2 Å². The van der Waals surface area contributed by atoms with Crippen LogP contribution in [-0.4, -0.2) is 13.2 Å². The predicted octanol–water partition coefficient (Wildman–Crippen LogP) is 4.95. The topological polar surface area (TPSA) is 21.3 Å². The molecule has 21 heavy (non-hydrogen) atoms. The normalized spacial score (nSPS) is 17.5. The molecule has 0 radical (unpaired) electrons. The van der Waals surface area contributed by atoms with Crippen molar-refractivity contribution in [3.63, 3.8) is 0 Å². The van der Waals surface area contributed by atoms with Crippen molar-refractivity contribution in [3.05, 3.63) is 50.6 Å². The number of aryl methyl sites for hydroxylation is 1. The van der Waals surface area contributed by atoms with Crippen LogP contribution in [-0.2, 0) is 6.42 Å². The number of thiophene rings is 1. The van der Waals surface area contributed by atoms with E-state index < -0.39 is 0 Å². The first-order chi connectivity index (χ1) is 10.3. The van der Waals surface area contributed by atoms with Gasteiger partial charge in [-0.05, 0) is 71.9 Å². The molecule has 0 spiro atoms. The summed E-state index contributed by atoms with van der Waals surface area (Å²) in [6.07, 6.45) is 4.81. The Morgan fingerprint density at radius 1 is 1.29 bits per heavy atom. The zero-order chi connectivity index (χ0) is 14.5. The maximum absolute atomic E-state index is 5.72. The molecule has 1 atom stereocenters. The van der Waals surface area contributed by atoms with Gasteiger partial charge >= 0.3 is 0 Å². The molecule has 2 aromatic rings. The summed E-state index contributed by atoms with van der Waals surface area (Å²) in [5.41, 5.74) is 1.50. The third-order valence-electron chi connectivity index (χ3n) is 3.81. The highest BCUT2D eigenvalue weighted by Gasteiger charge is 2.21. The quantitative estimate of drug-likeness (QED) is 0.731. The molecule has 1 aromatic heterocycles. The van der Waals surface area contributed by atoms with Crippen LogP contribution in [0.25, 0.3) is 0 Å². The fraction of sp³-hybridized carbons (Fsp3) is 0.412. The molecule has 1 N–H and O–H groups in total. The fourth-order valence-corrected chi connectivity index (χ4v) is 4.61. The van der Waals surface area contributed by atoms with E-state index in [1.165, 1.54) is 28.6 Å². The maximum Gasteiger partial charge on any atom is 0.119 e. The second-order valence-electron chi connectivity index (χ2n) is 5.34. The summed E-state index contributed by atoms with van der Waals surface area (Å²) in [7, 11) is 0. The van der Waals surface area contributed by atoms with Crippen LogP contribution in [0.3, 0.4) is 0 Å². The van der Waals surface area contributed by atoms with Gasteiger partial charge in [-0.2, -0.15) is 0 Å². The standard InChI is InChI=1S/C17H20BrNOS/c18-17-12-14-15(8-4-9-16(14)21-17)19-10-5-11-20-13-6-2-1-3-7-13/h1-3,6-7,12,15,19H,4-5,8-11H2. The summed E-state index contributed by atoms with van der Waals surface area (Å²) >= 11 is 5.50. The van der Waals surface area contributed by atoms with E-state index in [0.29, 0.717) is 6.04 Å². The van der Waals surface area contributed by atoms with Crippen molar-refractivity contribution in [2.75, 3.05) is 13.2 Å². The Hall–Kier alpha value is -0.840. The van der Waals surface area contributed by atoms with E-state index in [1.807, 2.05) is 41.7 Å². The lowest BCUT2D eigenvalue weighted by Gasteiger charge is -2.23. The van der Waals surface area contributed by atoms with E-state index in [1.54, 1.807) is 4.88 Å². The first kappa shape index (κ1) is 15.1. The summed E-state index contributed by atoms with van der Waals surface area (Å²) in [5, 5.41) is 3.68. The molecule has 0 saturated heterocycles. The number of ether oxygens (including phenoxy) is 1. The Balaban J connectivity index is 1.42. The maximum atomic E-state index is 5.72. The number of benzene rings is 1. The van der Waals surface area contributed by atoms with E-state index in [2.05, 4.69) is 27.3 Å². The Morgan fingerprint density at radius 3 is 3.00 bits per heavy atom. The Bertz CT molecular complexity index is 569. The van der Waals surface area contributed by atoms with Crippen molar-refractivity contribution in [1.82, 2.24) is 5.32 Å². The van der Waals surface area contributed by atoms with Gasteiger partial charge in [-0.1, -0.05) is 18.2 Å². The predicted molar refractivity (Wildman–Crippen MR) is 92.3 cm³/mol. The molecule has 1 aliphatic rings. The van der Waals surface area contributed by atoms with Crippen molar-refractivity contribution >= 4 is 27.3 Å². The number of rotatable bonds is 6. The first-order valence-corrected chi connectivity index (χ1v) is 9.13. The third-order valence-corrected chi connectivity index (χ3v) is 5.52. The van der Waals surface area contributed by atoms with E-state index >= 15 is 0 Å². The molecule has 1 unspecified atom stereocenters. The van der Waals surface area contributed by atoms with E-state index in [-0.39, 0.29) is 0 Å². The minimum atomic E-state index is 0.521. The van der Waals surface area contributed by atoms with Crippen LogP contribution in [0.1, 0.15) is 35.7 Å². The molecule has 1 heterocycles. The molecule has 112 valence electrons. The minimum absolute atomic E-state index is 0.521. The van der Waals surface area contributed by atoms with Gasteiger partial charge in [0.15, 0.2) is 0 Å². The summed E-state index contributed by atoms with van der Waals surface area (Å²) in [6, 6.07) is 12.8. The molecule has 0 bridgehead atoms. The van der Waals surface area contributed by atoms with Crippen molar-refractivity contribution in [3.8, 4) is 5.75 Å². The lowest BCUT2D eigenvalue weighted by Crippen LogP contribution is -2.26. The van der Waals surface area contributed by atoms with Gasteiger partial charge < -0.3 is 10.1 Å². The average molecular weight is 366 g/mol. The molecule has 1 aromatic carbocycles. The fourth-order valence-electron chi connectivity index (χ4n) is 2.79. The lowest BCUT2D eigenvalue weighted by atomic mass is 9.94. The zero-order valence-electron chi connectivity index (χ0n) is 12.0. The molecule has 1 aliphatic carbocycles. The summed E-state index contributed by atoms with van der Waals surface area (Å²) in [4.78, 5) is 1.55. The Morgan fingerprint density at radius 2 is 2.14 bits per heavy atom. The molecule has 0 amide bonds. The van der Waals surface area contributed by atoms with Gasteiger partial charge in [0, 0.05) is 10.9 Å². The monoisotopic (exact) mass is 365 g/mol. The van der Waals surface area contributed by atoms with Crippen LogP contribution in [0, 0.1) is 0 Å². The van der Waals surface area contributed by atoms with E-state index in [9.17, 15) is 0 Å². The summed E-state index contributed by atoms with van der Waals surface area (Å²) in [6.45, 7) is 1.77. The Labute approximate surface area is 138 Å². The van der Waals surface area contributed by atoms with E-state index in [4.69, 9.17) is 4.74 Å². The van der Waals surface area contributed by atoms with Gasteiger partial charge in [0.05, 0.1) is 10.4 Å². The largest absolute Gasteiger partial charge is 0.494 e. The number of halogens is 1. The van der Waals surface area contributed by atoms with Crippen LogP contribution < -0.4 is 10.1 Å². The second kappa shape index (κ2) is 7.43. The van der Waals surface area contributed by atoms with E-state index in [0.717, 1.165) is 25.3 Å². The van der Waals surface area contributed by atoms with Crippen LogP contribution in [0.2, 0.25) is 0 Å². The molecule has 4 heteroatoms. The highest BCUT2D eigenvalue weighted by atomic mass is 79.9. The van der Waals surface area contributed by atoms with Crippen molar-refractivity contribution in [1.29, 1.82) is 0 Å². The molecular formula is C17H20BrNOS.